The molecule has 1 heterocycles. The van der Waals surface area contributed by atoms with Crippen molar-refractivity contribution in [3.63, 3.8) is 0 Å². The van der Waals surface area contributed by atoms with Crippen molar-refractivity contribution in [1.29, 1.82) is 0 Å². The van der Waals surface area contributed by atoms with Crippen molar-refractivity contribution in [2.45, 2.75) is 25.2 Å². The fraction of sp³-hybridized carbons (Fsp3) is 0.333. The molecule has 0 bridgehead atoms. The van der Waals surface area contributed by atoms with Crippen molar-refractivity contribution < 1.29 is 19.0 Å². The summed E-state index contributed by atoms with van der Waals surface area (Å²) in [6.07, 6.45) is 1.30. The number of hydrogen-bond donors (Lipinski definition) is 2. The standard InChI is InChI=1S/C12H13F2N3O2/c1-8(18)12(19,5-17-7-15-6-16-17)10-3-2-9(13)4-11(10)14/h2-4,6-8,18-19H,5H2,1H3/t8?,12-/m1/s1. The summed E-state index contributed by atoms with van der Waals surface area (Å²) in [5.74, 6) is -1.68. The second-order valence-corrected chi connectivity index (χ2v) is 4.32. The third kappa shape index (κ3) is 2.61. The van der Waals surface area contributed by atoms with Crippen molar-refractivity contribution in [3.8, 4) is 0 Å². The molecule has 1 unspecified atom stereocenters. The average molecular weight is 269 g/mol. The molecule has 0 saturated carbocycles. The fourth-order valence-electron chi connectivity index (χ4n) is 1.84. The maximum absolute atomic E-state index is 13.8. The van der Waals surface area contributed by atoms with Crippen molar-refractivity contribution in [2.24, 2.45) is 0 Å². The minimum atomic E-state index is -1.93. The van der Waals surface area contributed by atoms with Crippen molar-refractivity contribution in [2.75, 3.05) is 0 Å². The van der Waals surface area contributed by atoms with Gasteiger partial charge in [-0.3, -0.25) is 0 Å². The summed E-state index contributed by atoms with van der Waals surface area (Å²) in [5, 5.41) is 24.0. The van der Waals surface area contributed by atoms with Crippen LogP contribution in [0, 0.1) is 11.6 Å². The topological polar surface area (TPSA) is 71.2 Å². The van der Waals surface area contributed by atoms with Crippen LogP contribution < -0.4 is 0 Å². The smallest absolute Gasteiger partial charge is 0.137 e. The summed E-state index contributed by atoms with van der Waals surface area (Å²) < 4.78 is 27.9. The normalized spacial score (nSPS) is 16.1. The molecule has 0 amide bonds. The number of aromatic nitrogens is 3. The lowest BCUT2D eigenvalue weighted by atomic mass is 9.88. The minimum Gasteiger partial charge on any atom is -0.390 e. The predicted octanol–water partition coefficient (Wildman–Crippen LogP) is 0.825. The van der Waals surface area contributed by atoms with Crippen LogP contribution in [0.5, 0.6) is 0 Å². The molecule has 0 spiro atoms. The average Bonchev–Trinajstić information content (AvgIpc) is 2.81. The van der Waals surface area contributed by atoms with E-state index in [0.717, 1.165) is 12.1 Å². The van der Waals surface area contributed by atoms with Crippen LogP contribution in [0.3, 0.4) is 0 Å². The van der Waals surface area contributed by atoms with Gasteiger partial charge in [-0.25, -0.2) is 18.4 Å². The van der Waals surface area contributed by atoms with Crippen molar-refractivity contribution in [1.82, 2.24) is 14.8 Å². The van der Waals surface area contributed by atoms with E-state index < -0.39 is 23.3 Å². The molecule has 7 heteroatoms. The SMILES string of the molecule is CC(O)[C@](O)(Cn1cncn1)c1ccc(F)cc1F. The van der Waals surface area contributed by atoms with Gasteiger partial charge in [0.05, 0.1) is 12.6 Å². The van der Waals surface area contributed by atoms with Gasteiger partial charge in [0.25, 0.3) is 0 Å². The maximum atomic E-state index is 13.8. The molecule has 2 rings (SSSR count). The lowest BCUT2D eigenvalue weighted by Crippen LogP contribution is -2.42. The molecule has 102 valence electrons. The van der Waals surface area contributed by atoms with Crippen LogP contribution in [-0.4, -0.2) is 31.1 Å². The second-order valence-electron chi connectivity index (χ2n) is 4.32. The Labute approximate surface area is 108 Å². The Kier molecular flexibility index (Phi) is 3.59. The predicted molar refractivity (Wildman–Crippen MR) is 62.0 cm³/mol. The molecule has 1 aromatic carbocycles. The molecular weight excluding hydrogens is 256 g/mol. The molecule has 2 aromatic rings. The van der Waals surface area contributed by atoms with Crippen LogP contribution in [0.15, 0.2) is 30.9 Å². The third-order valence-electron chi connectivity index (χ3n) is 2.96. The van der Waals surface area contributed by atoms with Crippen molar-refractivity contribution >= 4 is 0 Å². The van der Waals surface area contributed by atoms with E-state index in [-0.39, 0.29) is 12.1 Å². The van der Waals surface area contributed by atoms with Gasteiger partial charge in [0, 0.05) is 11.6 Å². The number of rotatable bonds is 4. The first-order chi connectivity index (χ1) is 8.93. The number of aliphatic hydroxyl groups excluding tert-OH is 1. The summed E-state index contributed by atoms with van der Waals surface area (Å²) in [6, 6.07) is 2.78. The summed E-state index contributed by atoms with van der Waals surface area (Å²) in [4.78, 5) is 3.70. The lowest BCUT2D eigenvalue weighted by Gasteiger charge is -2.31. The Morgan fingerprint density at radius 1 is 1.42 bits per heavy atom. The Hall–Kier alpha value is -1.86. The Morgan fingerprint density at radius 2 is 2.16 bits per heavy atom. The van der Waals surface area contributed by atoms with Gasteiger partial charge in [-0.2, -0.15) is 5.10 Å². The lowest BCUT2D eigenvalue weighted by molar-refractivity contribution is -0.0874. The van der Waals surface area contributed by atoms with Gasteiger partial charge in [-0.1, -0.05) is 6.07 Å². The Morgan fingerprint density at radius 3 is 2.68 bits per heavy atom. The summed E-state index contributed by atoms with van der Waals surface area (Å²) in [5.41, 5.74) is -2.12. The second kappa shape index (κ2) is 5.02. The zero-order valence-electron chi connectivity index (χ0n) is 10.2. The number of nitrogens with zero attached hydrogens (tertiary/aromatic N) is 3. The number of aliphatic hydroxyl groups is 2. The Balaban J connectivity index is 2.43. The first-order valence-electron chi connectivity index (χ1n) is 5.62. The molecule has 0 aliphatic carbocycles. The van der Waals surface area contributed by atoms with Gasteiger partial charge >= 0.3 is 0 Å². The van der Waals surface area contributed by atoms with Gasteiger partial charge in [0.1, 0.15) is 29.9 Å². The van der Waals surface area contributed by atoms with Crippen molar-refractivity contribution in [3.05, 3.63) is 48.1 Å². The van der Waals surface area contributed by atoms with Crippen LogP contribution in [0.25, 0.3) is 0 Å². The molecule has 1 aromatic heterocycles. The molecule has 0 aliphatic rings. The number of hydrogen-bond acceptors (Lipinski definition) is 4. The summed E-state index contributed by atoms with van der Waals surface area (Å²) in [6.45, 7) is 1.12. The van der Waals surface area contributed by atoms with Crippen LogP contribution in [0.2, 0.25) is 0 Å². The highest BCUT2D eigenvalue weighted by Gasteiger charge is 2.38. The van der Waals surface area contributed by atoms with Crippen LogP contribution in [-0.2, 0) is 12.1 Å². The molecule has 0 radical (unpaired) electrons. The highest BCUT2D eigenvalue weighted by atomic mass is 19.1. The molecule has 0 aliphatic heterocycles. The zero-order valence-corrected chi connectivity index (χ0v) is 10.2. The highest BCUT2D eigenvalue weighted by Crippen LogP contribution is 2.29. The largest absolute Gasteiger partial charge is 0.390 e. The minimum absolute atomic E-state index is 0.195. The highest BCUT2D eigenvalue weighted by molar-refractivity contribution is 5.26. The van der Waals surface area contributed by atoms with Gasteiger partial charge in [-0.15, -0.1) is 0 Å². The molecular formula is C12H13F2N3O2. The third-order valence-corrected chi connectivity index (χ3v) is 2.96. The Bertz CT molecular complexity index is 560. The number of halogens is 2. The van der Waals surface area contributed by atoms with E-state index in [0.29, 0.717) is 6.07 Å². The fourth-order valence-corrected chi connectivity index (χ4v) is 1.84. The van der Waals surface area contributed by atoms with Gasteiger partial charge < -0.3 is 10.2 Å². The first kappa shape index (κ1) is 13.6. The molecule has 0 saturated heterocycles. The molecule has 2 N–H and O–H groups in total. The molecule has 2 atom stereocenters. The molecule has 5 nitrogen and oxygen atoms in total. The van der Waals surface area contributed by atoms with Crippen LogP contribution in [0.4, 0.5) is 8.78 Å². The molecule has 0 fully saturated rings. The monoisotopic (exact) mass is 269 g/mol. The maximum Gasteiger partial charge on any atom is 0.137 e. The van der Waals surface area contributed by atoms with Crippen LogP contribution in [0.1, 0.15) is 12.5 Å². The van der Waals surface area contributed by atoms with E-state index in [2.05, 4.69) is 10.1 Å². The van der Waals surface area contributed by atoms with Crippen LogP contribution >= 0.6 is 0 Å². The first-order valence-corrected chi connectivity index (χ1v) is 5.62. The van der Waals surface area contributed by atoms with E-state index in [1.165, 1.54) is 24.3 Å². The number of benzene rings is 1. The summed E-state index contributed by atoms with van der Waals surface area (Å²) >= 11 is 0. The van der Waals surface area contributed by atoms with Gasteiger partial charge in [0.2, 0.25) is 0 Å². The van der Waals surface area contributed by atoms with Gasteiger partial charge in [0.15, 0.2) is 0 Å². The molecule has 19 heavy (non-hydrogen) atoms. The quantitative estimate of drug-likeness (QED) is 0.862. The van der Waals surface area contributed by atoms with E-state index >= 15 is 0 Å². The summed E-state index contributed by atoms with van der Waals surface area (Å²) in [7, 11) is 0. The van der Waals surface area contributed by atoms with Gasteiger partial charge in [-0.05, 0) is 13.0 Å². The van der Waals surface area contributed by atoms with E-state index in [4.69, 9.17) is 0 Å². The zero-order chi connectivity index (χ0) is 14.0. The van der Waals surface area contributed by atoms with E-state index in [1.54, 1.807) is 0 Å². The van der Waals surface area contributed by atoms with E-state index in [1.807, 2.05) is 0 Å². The van der Waals surface area contributed by atoms with E-state index in [9.17, 15) is 19.0 Å².